The number of rotatable bonds is 3. The van der Waals surface area contributed by atoms with Gasteiger partial charge in [0.2, 0.25) is 5.91 Å². The fraction of sp³-hybridized carbons (Fsp3) is 0.429. The number of amides is 2. The first kappa shape index (κ1) is 16.5. The van der Waals surface area contributed by atoms with Crippen LogP contribution >= 0.6 is 12.6 Å². The van der Waals surface area contributed by atoms with Gasteiger partial charge in [-0.15, -0.1) is 12.6 Å². The molecule has 2 amide bonds. The number of hydrogen-bond donors (Lipinski definition) is 3. The molecule has 0 spiro atoms. The first-order valence-electron chi connectivity index (χ1n) is 6.21. The molecule has 0 heterocycles. The third-order valence-electron chi connectivity index (χ3n) is 2.45. The average Bonchev–Trinajstić information content (AvgIpc) is 2.30. The Morgan fingerprint density at radius 1 is 1.30 bits per heavy atom. The Morgan fingerprint density at radius 3 is 2.40 bits per heavy atom. The van der Waals surface area contributed by atoms with Crippen LogP contribution in [-0.2, 0) is 4.79 Å². The summed E-state index contributed by atoms with van der Waals surface area (Å²) in [7, 11) is 0. The van der Waals surface area contributed by atoms with E-state index in [4.69, 9.17) is 0 Å². The Kier molecular flexibility index (Phi) is 5.16. The molecular formula is C14H19FN2O2S. The van der Waals surface area contributed by atoms with Crippen LogP contribution in [0.5, 0.6) is 0 Å². The van der Waals surface area contributed by atoms with E-state index in [0.717, 1.165) is 6.07 Å². The van der Waals surface area contributed by atoms with Gasteiger partial charge in [-0.25, -0.2) is 4.39 Å². The highest BCUT2D eigenvalue weighted by molar-refractivity contribution is 7.80. The molecule has 1 unspecified atom stereocenters. The summed E-state index contributed by atoms with van der Waals surface area (Å²) in [5, 5.41) is 5.33. The van der Waals surface area contributed by atoms with Gasteiger partial charge in [-0.3, -0.25) is 9.59 Å². The Labute approximate surface area is 123 Å². The molecule has 20 heavy (non-hydrogen) atoms. The van der Waals surface area contributed by atoms with Crippen molar-refractivity contribution in [2.45, 2.75) is 44.2 Å². The van der Waals surface area contributed by atoms with E-state index >= 15 is 0 Å². The predicted molar refractivity (Wildman–Crippen MR) is 78.5 cm³/mol. The zero-order valence-electron chi connectivity index (χ0n) is 12.0. The number of benzene rings is 1. The lowest BCUT2D eigenvalue weighted by Gasteiger charge is -2.23. The molecule has 1 atom stereocenters. The van der Waals surface area contributed by atoms with Crippen LogP contribution in [0.1, 0.15) is 38.1 Å². The maximum Gasteiger partial charge on any atom is 0.251 e. The van der Waals surface area contributed by atoms with Crippen molar-refractivity contribution in [1.82, 2.24) is 10.6 Å². The molecule has 110 valence electrons. The first-order valence-corrected chi connectivity index (χ1v) is 6.66. The van der Waals surface area contributed by atoms with Gasteiger partial charge in [-0.2, -0.15) is 0 Å². The van der Waals surface area contributed by atoms with Crippen LogP contribution in [0.4, 0.5) is 4.39 Å². The SMILES string of the molecule is CC(NC(=O)c1ccc(F)c(S)c1)C(=O)NC(C)(C)C. The van der Waals surface area contributed by atoms with Crippen molar-refractivity contribution in [3.05, 3.63) is 29.6 Å². The summed E-state index contributed by atoms with van der Waals surface area (Å²) in [6.07, 6.45) is 0. The van der Waals surface area contributed by atoms with Gasteiger partial charge in [0, 0.05) is 16.0 Å². The van der Waals surface area contributed by atoms with Crippen molar-refractivity contribution in [3.8, 4) is 0 Å². The van der Waals surface area contributed by atoms with Crippen molar-refractivity contribution in [3.63, 3.8) is 0 Å². The maximum atomic E-state index is 13.1. The van der Waals surface area contributed by atoms with Crippen molar-refractivity contribution in [2.24, 2.45) is 0 Å². The fourth-order valence-electron chi connectivity index (χ4n) is 1.48. The molecule has 4 nitrogen and oxygen atoms in total. The molecule has 0 bridgehead atoms. The van der Waals surface area contributed by atoms with E-state index < -0.39 is 17.8 Å². The van der Waals surface area contributed by atoms with E-state index in [2.05, 4.69) is 23.3 Å². The molecule has 6 heteroatoms. The second-order valence-electron chi connectivity index (χ2n) is 5.60. The number of carbonyl (C=O) groups excluding carboxylic acids is 2. The van der Waals surface area contributed by atoms with Gasteiger partial charge in [0.1, 0.15) is 11.9 Å². The first-order chi connectivity index (χ1) is 9.10. The van der Waals surface area contributed by atoms with E-state index in [1.165, 1.54) is 12.1 Å². The maximum absolute atomic E-state index is 13.1. The van der Waals surface area contributed by atoms with Gasteiger partial charge < -0.3 is 10.6 Å². The van der Waals surface area contributed by atoms with Crippen molar-refractivity contribution < 1.29 is 14.0 Å². The summed E-state index contributed by atoms with van der Waals surface area (Å²) in [6.45, 7) is 7.15. The topological polar surface area (TPSA) is 58.2 Å². The largest absolute Gasteiger partial charge is 0.350 e. The van der Waals surface area contributed by atoms with Gasteiger partial charge in [-0.1, -0.05) is 0 Å². The molecule has 0 aliphatic rings. The summed E-state index contributed by atoms with van der Waals surface area (Å²) >= 11 is 3.92. The van der Waals surface area contributed by atoms with Crippen molar-refractivity contribution >= 4 is 24.4 Å². The molecule has 0 aromatic heterocycles. The smallest absolute Gasteiger partial charge is 0.251 e. The zero-order valence-corrected chi connectivity index (χ0v) is 12.8. The standard InChI is InChI=1S/C14H19FN2O2S/c1-8(12(18)17-14(2,3)4)16-13(19)9-5-6-10(15)11(20)7-9/h5-8,20H,1-4H3,(H,16,19)(H,17,18). The summed E-state index contributed by atoms with van der Waals surface area (Å²) in [5.41, 5.74) is -0.115. The molecule has 0 saturated carbocycles. The minimum atomic E-state index is -0.685. The predicted octanol–water partition coefficient (Wildman–Crippen LogP) is 2.15. The number of hydrogen-bond acceptors (Lipinski definition) is 3. The Bertz CT molecular complexity index is 526. The fourth-order valence-corrected chi connectivity index (χ4v) is 1.69. The number of halogens is 1. The van der Waals surface area contributed by atoms with Crippen LogP contribution in [0.3, 0.4) is 0 Å². The Morgan fingerprint density at radius 2 is 1.90 bits per heavy atom. The molecule has 0 aliphatic heterocycles. The lowest BCUT2D eigenvalue weighted by Crippen LogP contribution is -2.50. The number of thiol groups is 1. The van der Waals surface area contributed by atoms with Crippen LogP contribution < -0.4 is 10.6 Å². The lowest BCUT2D eigenvalue weighted by atomic mass is 10.1. The van der Waals surface area contributed by atoms with Crippen LogP contribution in [0.25, 0.3) is 0 Å². The highest BCUT2D eigenvalue weighted by Crippen LogP contribution is 2.14. The number of carbonyl (C=O) groups is 2. The van der Waals surface area contributed by atoms with Crippen LogP contribution in [0.2, 0.25) is 0 Å². The van der Waals surface area contributed by atoms with Gasteiger partial charge >= 0.3 is 0 Å². The van der Waals surface area contributed by atoms with Crippen LogP contribution in [-0.4, -0.2) is 23.4 Å². The van der Waals surface area contributed by atoms with Gasteiger partial charge in [0.05, 0.1) is 0 Å². The van der Waals surface area contributed by atoms with E-state index in [9.17, 15) is 14.0 Å². The van der Waals surface area contributed by atoms with Crippen molar-refractivity contribution in [1.29, 1.82) is 0 Å². The summed E-state index contributed by atoms with van der Waals surface area (Å²) in [4.78, 5) is 23.9. The van der Waals surface area contributed by atoms with Gasteiger partial charge in [0.15, 0.2) is 0 Å². The van der Waals surface area contributed by atoms with Crippen LogP contribution in [0.15, 0.2) is 23.1 Å². The summed E-state index contributed by atoms with van der Waals surface area (Å²) < 4.78 is 13.1. The summed E-state index contributed by atoms with van der Waals surface area (Å²) in [5.74, 6) is -1.22. The normalized spacial score (nSPS) is 12.7. The second kappa shape index (κ2) is 6.26. The molecule has 2 N–H and O–H groups in total. The third-order valence-corrected chi connectivity index (χ3v) is 2.79. The quantitative estimate of drug-likeness (QED) is 0.749. The average molecular weight is 298 g/mol. The van der Waals surface area contributed by atoms with E-state index in [0.29, 0.717) is 0 Å². The molecule has 0 aliphatic carbocycles. The van der Waals surface area contributed by atoms with Crippen molar-refractivity contribution in [2.75, 3.05) is 0 Å². The van der Waals surface area contributed by atoms with E-state index in [-0.39, 0.29) is 21.9 Å². The second-order valence-corrected chi connectivity index (χ2v) is 6.08. The monoisotopic (exact) mass is 298 g/mol. The molecule has 0 saturated heterocycles. The molecule has 0 fully saturated rings. The zero-order chi connectivity index (χ0) is 15.5. The molecular weight excluding hydrogens is 279 g/mol. The van der Waals surface area contributed by atoms with Crippen LogP contribution in [0, 0.1) is 5.82 Å². The highest BCUT2D eigenvalue weighted by Gasteiger charge is 2.21. The molecule has 1 aromatic carbocycles. The summed E-state index contributed by atoms with van der Waals surface area (Å²) in [6, 6.07) is 3.15. The van der Waals surface area contributed by atoms with Gasteiger partial charge in [-0.05, 0) is 45.9 Å². The molecule has 0 radical (unpaired) electrons. The van der Waals surface area contributed by atoms with E-state index in [1.54, 1.807) is 6.92 Å². The van der Waals surface area contributed by atoms with Gasteiger partial charge in [0.25, 0.3) is 5.91 Å². The third kappa shape index (κ3) is 4.85. The number of nitrogens with one attached hydrogen (secondary N) is 2. The minimum absolute atomic E-state index is 0.0875. The van der Waals surface area contributed by atoms with E-state index in [1.807, 2.05) is 20.8 Å². The molecule has 1 aromatic rings. The molecule has 1 rings (SSSR count). The minimum Gasteiger partial charge on any atom is -0.350 e. The Hall–Kier alpha value is -1.56. The Balaban J connectivity index is 2.70. The lowest BCUT2D eigenvalue weighted by molar-refractivity contribution is -0.124. The highest BCUT2D eigenvalue weighted by atomic mass is 32.1.